The molecule has 0 spiro atoms. The van der Waals surface area contributed by atoms with Gasteiger partial charge in [-0.15, -0.1) is 0 Å². The fraction of sp³-hybridized carbons (Fsp3) is 0.667. The molecule has 3 heteroatoms. The summed E-state index contributed by atoms with van der Waals surface area (Å²) >= 11 is 0. The van der Waals surface area contributed by atoms with Gasteiger partial charge in [-0.2, -0.15) is 0 Å². The first-order valence-corrected chi connectivity index (χ1v) is 8.35. The maximum Gasteiger partial charge on any atom is 0.164 e. The largest absolute Gasteiger partial charge is 0.493 e. The zero-order valence-corrected chi connectivity index (χ0v) is 13.3. The van der Waals surface area contributed by atoms with E-state index >= 15 is 0 Å². The van der Waals surface area contributed by atoms with Crippen molar-refractivity contribution in [2.24, 2.45) is 0 Å². The summed E-state index contributed by atoms with van der Waals surface area (Å²) in [5.41, 5.74) is 4.37. The molecule has 1 aromatic carbocycles. The Balaban J connectivity index is 2.11. The molecule has 2 aliphatic rings. The first-order chi connectivity index (χ1) is 10.3. The molecule has 1 N–H and O–H groups in total. The van der Waals surface area contributed by atoms with E-state index < -0.39 is 0 Å². The van der Waals surface area contributed by atoms with E-state index in [1.807, 2.05) is 0 Å². The molecule has 0 saturated heterocycles. The minimum Gasteiger partial charge on any atom is -0.493 e. The second-order valence-electron chi connectivity index (χ2n) is 6.23. The van der Waals surface area contributed by atoms with E-state index in [2.05, 4.69) is 11.4 Å². The van der Waals surface area contributed by atoms with E-state index in [4.69, 9.17) is 9.47 Å². The summed E-state index contributed by atoms with van der Waals surface area (Å²) in [6.45, 7) is 1.08. The van der Waals surface area contributed by atoms with Crippen molar-refractivity contribution in [2.45, 2.75) is 57.4 Å². The number of ether oxygens (including phenoxy) is 2. The minimum absolute atomic E-state index is 0.502. The summed E-state index contributed by atoms with van der Waals surface area (Å²) in [7, 11) is 3.51. The van der Waals surface area contributed by atoms with Crippen LogP contribution in [0.2, 0.25) is 0 Å². The molecule has 1 unspecified atom stereocenters. The van der Waals surface area contributed by atoms with Gasteiger partial charge in [-0.25, -0.2) is 0 Å². The van der Waals surface area contributed by atoms with Crippen LogP contribution < -0.4 is 14.8 Å². The lowest BCUT2D eigenvalue weighted by molar-refractivity contribution is 0.345. The average Bonchev–Trinajstić information content (AvgIpc) is 2.53. The van der Waals surface area contributed by atoms with Crippen LogP contribution >= 0.6 is 0 Å². The number of hydrogen-bond donors (Lipinski definition) is 1. The molecule has 21 heavy (non-hydrogen) atoms. The van der Waals surface area contributed by atoms with Crippen LogP contribution in [0.4, 0.5) is 0 Å². The van der Waals surface area contributed by atoms with Crippen molar-refractivity contribution < 1.29 is 9.47 Å². The van der Waals surface area contributed by atoms with Crippen molar-refractivity contribution in [2.75, 3.05) is 20.8 Å². The quantitative estimate of drug-likeness (QED) is 0.898. The van der Waals surface area contributed by atoms with Crippen LogP contribution in [0, 0.1) is 0 Å². The molecule has 1 aliphatic heterocycles. The molecule has 0 bridgehead atoms. The Labute approximate surface area is 128 Å². The summed E-state index contributed by atoms with van der Waals surface area (Å²) in [6.07, 6.45) is 10.1. The summed E-state index contributed by atoms with van der Waals surface area (Å²) in [5.74, 6) is 1.87. The van der Waals surface area contributed by atoms with E-state index in [0.717, 1.165) is 30.9 Å². The molecular weight excluding hydrogens is 262 g/mol. The van der Waals surface area contributed by atoms with Crippen molar-refractivity contribution in [3.63, 3.8) is 0 Å². The third-order valence-electron chi connectivity index (χ3n) is 4.95. The molecule has 0 fully saturated rings. The molecular formula is C18H27NO2. The molecule has 1 aromatic rings. The Morgan fingerprint density at radius 1 is 1.00 bits per heavy atom. The molecule has 1 atom stereocenters. The van der Waals surface area contributed by atoms with Crippen molar-refractivity contribution in [3.8, 4) is 11.5 Å². The number of methoxy groups -OCH3 is 2. The topological polar surface area (TPSA) is 30.5 Å². The van der Waals surface area contributed by atoms with Gasteiger partial charge in [0.2, 0.25) is 0 Å². The summed E-state index contributed by atoms with van der Waals surface area (Å²) < 4.78 is 11.3. The normalized spacial score (nSPS) is 22.3. The van der Waals surface area contributed by atoms with Gasteiger partial charge in [0.1, 0.15) is 0 Å². The van der Waals surface area contributed by atoms with Crippen LogP contribution in [0.15, 0.2) is 6.07 Å². The zero-order chi connectivity index (χ0) is 14.7. The maximum atomic E-state index is 5.72. The van der Waals surface area contributed by atoms with Gasteiger partial charge in [0.05, 0.1) is 14.2 Å². The lowest BCUT2D eigenvalue weighted by Gasteiger charge is -2.32. The highest BCUT2D eigenvalue weighted by molar-refractivity contribution is 5.56. The molecule has 0 amide bonds. The Kier molecular flexibility index (Phi) is 4.69. The van der Waals surface area contributed by atoms with Gasteiger partial charge >= 0.3 is 0 Å². The van der Waals surface area contributed by atoms with Crippen LogP contribution in [-0.2, 0) is 12.8 Å². The molecule has 3 rings (SSSR count). The van der Waals surface area contributed by atoms with Crippen LogP contribution in [-0.4, -0.2) is 20.8 Å². The number of nitrogens with one attached hydrogen (secondary N) is 1. The Hall–Kier alpha value is -1.22. The second kappa shape index (κ2) is 6.69. The highest BCUT2D eigenvalue weighted by Crippen LogP contribution is 2.42. The van der Waals surface area contributed by atoms with Gasteiger partial charge in [0, 0.05) is 11.6 Å². The molecule has 0 radical (unpaired) electrons. The van der Waals surface area contributed by atoms with Crippen molar-refractivity contribution >= 4 is 0 Å². The molecule has 0 aromatic heterocycles. The third kappa shape index (κ3) is 2.89. The summed E-state index contributed by atoms with van der Waals surface area (Å²) in [4.78, 5) is 0. The standard InChI is InChI=1S/C18H27NO2/c1-20-16-12-13-10-11-19-15-9-7-5-3-4-6-8-14(17(13)15)18(16)21-2/h12,15,19H,3-11H2,1-2H3. The van der Waals surface area contributed by atoms with Gasteiger partial charge in [-0.05, 0) is 49.4 Å². The van der Waals surface area contributed by atoms with Crippen molar-refractivity contribution in [1.82, 2.24) is 5.32 Å². The zero-order valence-electron chi connectivity index (χ0n) is 13.3. The number of hydrogen-bond acceptors (Lipinski definition) is 3. The minimum atomic E-state index is 0.502. The van der Waals surface area contributed by atoms with Gasteiger partial charge in [0.15, 0.2) is 11.5 Å². The van der Waals surface area contributed by atoms with Gasteiger partial charge in [-0.3, -0.25) is 0 Å². The first-order valence-electron chi connectivity index (χ1n) is 8.35. The van der Waals surface area contributed by atoms with Crippen LogP contribution in [0.1, 0.15) is 61.3 Å². The fourth-order valence-electron chi connectivity index (χ4n) is 3.94. The number of benzene rings is 1. The predicted molar refractivity (Wildman–Crippen MR) is 85.4 cm³/mol. The van der Waals surface area contributed by atoms with Crippen LogP contribution in [0.3, 0.4) is 0 Å². The van der Waals surface area contributed by atoms with E-state index in [0.29, 0.717) is 6.04 Å². The van der Waals surface area contributed by atoms with Gasteiger partial charge < -0.3 is 14.8 Å². The van der Waals surface area contributed by atoms with E-state index in [1.165, 1.54) is 55.2 Å². The van der Waals surface area contributed by atoms with E-state index in [1.54, 1.807) is 14.2 Å². The second-order valence-corrected chi connectivity index (χ2v) is 6.23. The van der Waals surface area contributed by atoms with E-state index in [9.17, 15) is 0 Å². The van der Waals surface area contributed by atoms with E-state index in [-0.39, 0.29) is 0 Å². The summed E-state index contributed by atoms with van der Waals surface area (Å²) in [6, 6.07) is 2.71. The SMILES string of the molecule is COc1cc2c3c(c1OC)CCCCCCCC3NCC2. The van der Waals surface area contributed by atoms with Crippen LogP contribution in [0.25, 0.3) is 0 Å². The Morgan fingerprint density at radius 3 is 2.62 bits per heavy atom. The highest BCUT2D eigenvalue weighted by Gasteiger charge is 2.27. The smallest absolute Gasteiger partial charge is 0.164 e. The Morgan fingerprint density at radius 2 is 1.81 bits per heavy atom. The third-order valence-corrected chi connectivity index (χ3v) is 4.95. The highest BCUT2D eigenvalue weighted by atomic mass is 16.5. The molecule has 116 valence electrons. The molecule has 0 saturated carbocycles. The predicted octanol–water partition coefficient (Wildman–Crippen LogP) is 3.79. The molecule has 3 nitrogen and oxygen atoms in total. The summed E-state index contributed by atoms with van der Waals surface area (Å²) in [5, 5.41) is 3.73. The first kappa shape index (κ1) is 14.7. The number of rotatable bonds is 2. The molecule has 1 aliphatic carbocycles. The lowest BCUT2D eigenvalue weighted by atomic mass is 9.83. The van der Waals surface area contributed by atoms with Gasteiger partial charge in [-0.1, -0.05) is 25.7 Å². The fourth-order valence-corrected chi connectivity index (χ4v) is 3.94. The lowest BCUT2D eigenvalue weighted by Crippen LogP contribution is -2.31. The Bertz CT molecular complexity index is 498. The molecule has 1 heterocycles. The maximum absolute atomic E-state index is 5.72. The van der Waals surface area contributed by atoms with Crippen molar-refractivity contribution in [3.05, 3.63) is 22.8 Å². The monoisotopic (exact) mass is 289 g/mol. The van der Waals surface area contributed by atoms with Gasteiger partial charge in [0.25, 0.3) is 0 Å². The van der Waals surface area contributed by atoms with Crippen molar-refractivity contribution in [1.29, 1.82) is 0 Å². The van der Waals surface area contributed by atoms with Crippen LogP contribution in [0.5, 0.6) is 11.5 Å². The average molecular weight is 289 g/mol.